The lowest BCUT2D eigenvalue weighted by atomic mass is 10.1. The smallest absolute Gasteiger partial charge is 0.256 e. The molecule has 0 saturated heterocycles. The number of pyridine rings is 1. The van der Waals surface area contributed by atoms with Crippen molar-refractivity contribution in [3.05, 3.63) is 58.4 Å². The number of benzene rings is 1. The zero-order valence-electron chi connectivity index (χ0n) is 12.4. The highest BCUT2D eigenvalue weighted by atomic mass is 35.5. The van der Waals surface area contributed by atoms with Crippen LogP contribution in [0.4, 0.5) is 5.69 Å². The molecule has 5 heteroatoms. The van der Waals surface area contributed by atoms with E-state index in [1.807, 2.05) is 25.1 Å². The first-order valence-corrected chi connectivity index (χ1v) is 7.04. The van der Waals surface area contributed by atoms with Gasteiger partial charge >= 0.3 is 0 Å². The van der Waals surface area contributed by atoms with Crippen LogP contribution in [-0.2, 0) is 6.54 Å². The first-order valence-electron chi connectivity index (χ1n) is 6.66. The highest BCUT2D eigenvalue weighted by Crippen LogP contribution is 2.22. The molecular formula is C16H18ClN3O. The predicted molar refractivity (Wildman–Crippen MR) is 85.8 cm³/mol. The number of aryl methyl sites for hydroxylation is 1. The number of amides is 1. The molecule has 0 aliphatic rings. The third-order valence-electron chi connectivity index (χ3n) is 3.17. The van der Waals surface area contributed by atoms with Gasteiger partial charge in [-0.05, 0) is 37.3 Å². The quantitative estimate of drug-likeness (QED) is 0.942. The van der Waals surface area contributed by atoms with E-state index in [2.05, 4.69) is 10.3 Å². The lowest BCUT2D eigenvalue weighted by Crippen LogP contribution is -2.27. The first kappa shape index (κ1) is 15.3. The Labute approximate surface area is 129 Å². The van der Waals surface area contributed by atoms with Crippen molar-refractivity contribution in [2.24, 2.45) is 0 Å². The molecule has 2 aromatic rings. The van der Waals surface area contributed by atoms with Crippen molar-refractivity contribution in [2.75, 3.05) is 19.4 Å². The Hall–Kier alpha value is -2.07. The van der Waals surface area contributed by atoms with E-state index < -0.39 is 0 Å². The number of hydrogen-bond acceptors (Lipinski definition) is 3. The van der Waals surface area contributed by atoms with Crippen molar-refractivity contribution >= 4 is 23.2 Å². The number of carbonyl (C=O) groups excluding carboxylic acids is 1. The van der Waals surface area contributed by atoms with Gasteiger partial charge in [-0.3, -0.25) is 9.78 Å². The van der Waals surface area contributed by atoms with E-state index in [0.717, 1.165) is 17.1 Å². The van der Waals surface area contributed by atoms with Gasteiger partial charge in [0.2, 0.25) is 0 Å². The summed E-state index contributed by atoms with van der Waals surface area (Å²) < 4.78 is 0. The van der Waals surface area contributed by atoms with E-state index >= 15 is 0 Å². The van der Waals surface area contributed by atoms with Crippen molar-refractivity contribution < 1.29 is 4.79 Å². The summed E-state index contributed by atoms with van der Waals surface area (Å²) in [5, 5.41) is 3.55. The first-order chi connectivity index (χ1) is 10.0. The maximum absolute atomic E-state index is 12.6. The summed E-state index contributed by atoms with van der Waals surface area (Å²) in [4.78, 5) is 18.6. The standard InChI is InChI=1S/C16H18ClN3O/c1-11-5-4-6-13(19-11)10-20(3)16(21)14-9-12(17)7-8-15(14)18-2/h4-9,18H,10H2,1-3H3. The van der Waals surface area contributed by atoms with Crippen molar-refractivity contribution in [3.63, 3.8) is 0 Å². The molecule has 4 nitrogen and oxygen atoms in total. The topological polar surface area (TPSA) is 45.2 Å². The van der Waals surface area contributed by atoms with Crippen LogP contribution >= 0.6 is 11.6 Å². The summed E-state index contributed by atoms with van der Waals surface area (Å²) in [6.45, 7) is 2.39. The van der Waals surface area contributed by atoms with Gasteiger partial charge in [0, 0.05) is 30.5 Å². The fourth-order valence-corrected chi connectivity index (χ4v) is 2.29. The second-order valence-electron chi connectivity index (χ2n) is 4.87. The zero-order valence-corrected chi connectivity index (χ0v) is 13.1. The lowest BCUT2D eigenvalue weighted by Gasteiger charge is -2.19. The van der Waals surface area contributed by atoms with E-state index in [9.17, 15) is 4.79 Å². The normalized spacial score (nSPS) is 10.3. The molecule has 1 N–H and O–H groups in total. The van der Waals surface area contributed by atoms with E-state index in [0.29, 0.717) is 17.1 Å². The molecule has 2 rings (SSSR count). The van der Waals surface area contributed by atoms with Gasteiger partial charge in [0.15, 0.2) is 0 Å². The Balaban J connectivity index is 2.21. The summed E-state index contributed by atoms with van der Waals surface area (Å²) in [5.41, 5.74) is 3.11. The molecule has 110 valence electrons. The predicted octanol–water partition coefficient (Wildman–Crippen LogP) is 3.36. The molecule has 0 aliphatic carbocycles. The van der Waals surface area contributed by atoms with Crippen LogP contribution in [-0.4, -0.2) is 29.9 Å². The SMILES string of the molecule is CNc1ccc(Cl)cc1C(=O)N(C)Cc1cccc(C)n1. The minimum absolute atomic E-state index is 0.0924. The summed E-state index contributed by atoms with van der Waals surface area (Å²) in [6, 6.07) is 11.0. The molecule has 0 radical (unpaired) electrons. The molecule has 0 saturated carbocycles. The summed E-state index contributed by atoms with van der Waals surface area (Å²) >= 11 is 5.99. The van der Waals surface area contributed by atoms with E-state index in [1.54, 1.807) is 37.2 Å². The van der Waals surface area contributed by atoms with Crippen molar-refractivity contribution in [1.29, 1.82) is 0 Å². The number of carbonyl (C=O) groups is 1. The molecule has 0 atom stereocenters. The number of nitrogens with zero attached hydrogens (tertiary/aromatic N) is 2. The maximum Gasteiger partial charge on any atom is 0.256 e. The number of nitrogens with one attached hydrogen (secondary N) is 1. The van der Waals surface area contributed by atoms with Gasteiger partial charge in [-0.15, -0.1) is 0 Å². The van der Waals surface area contributed by atoms with Crippen molar-refractivity contribution in [1.82, 2.24) is 9.88 Å². The summed E-state index contributed by atoms with van der Waals surface area (Å²) in [7, 11) is 3.54. The Morgan fingerprint density at radius 2 is 2.10 bits per heavy atom. The molecule has 0 fully saturated rings. The minimum Gasteiger partial charge on any atom is -0.387 e. The molecule has 0 bridgehead atoms. The number of rotatable bonds is 4. The van der Waals surface area contributed by atoms with Gasteiger partial charge in [-0.2, -0.15) is 0 Å². The Morgan fingerprint density at radius 1 is 1.33 bits per heavy atom. The Morgan fingerprint density at radius 3 is 2.76 bits per heavy atom. The number of hydrogen-bond donors (Lipinski definition) is 1. The monoisotopic (exact) mass is 303 g/mol. The minimum atomic E-state index is -0.0924. The lowest BCUT2D eigenvalue weighted by molar-refractivity contribution is 0.0784. The third kappa shape index (κ3) is 3.73. The molecule has 0 unspecified atom stereocenters. The molecule has 0 spiro atoms. The average molecular weight is 304 g/mol. The fraction of sp³-hybridized carbons (Fsp3) is 0.250. The van der Waals surface area contributed by atoms with Crippen LogP contribution in [0, 0.1) is 6.92 Å². The number of aromatic nitrogens is 1. The largest absolute Gasteiger partial charge is 0.387 e. The fourth-order valence-electron chi connectivity index (χ4n) is 2.12. The number of halogens is 1. The second-order valence-corrected chi connectivity index (χ2v) is 5.31. The zero-order chi connectivity index (χ0) is 15.4. The molecule has 21 heavy (non-hydrogen) atoms. The van der Waals surface area contributed by atoms with Crippen LogP contribution in [0.25, 0.3) is 0 Å². The second kappa shape index (κ2) is 6.59. The van der Waals surface area contributed by atoms with Gasteiger partial charge in [0.05, 0.1) is 17.8 Å². The van der Waals surface area contributed by atoms with E-state index in [-0.39, 0.29) is 5.91 Å². The van der Waals surface area contributed by atoms with Crippen LogP contribution in [0.1, 0.15) is 21.7 Å². The summed E-state index contributed by atoms with van der Waals surface area (Å²) in [5.74, 6) is -0.0924. The summed E-state index contributed by atoms with van der Waals surface area (Å²) in [6.07, 6.45) is 0. The highest BCUT2D eigenvalue weighted by molar-refractivity contribution is 6.31. The molecule has 0 aliphatic heterocycles. The van der Waals surface area contributed by atoms with Crippen LogP contribution in [0.3, 0.4) is 0 Å². The molecule has 1 amide bonds. The highest BCUT2D eigenvalue weighted by Gasteiger charge is 2.16. The molecule has 1 aromatic heterocycles. The third-order valence-corrected chi connectivity index (χ3v) is 3.41. The van der Waals surface area contributed by atoms with Gasteiger partial charge < -0.3 is 10.2 Å². The van der Waals surface area contributed by atoms with E-state index in [1.165, 1.54) is 0 Å². The van der Waals surface area contributed by atoms with E-state index in [4.69, 9.17) is 11.6 Å². The van der Waals surface area contributed by atoms with Gasteiger partial charge in [0.25, 0.3) is 5.91 Å². The Kier molecular flexibility index (Phi) is 4.81. The number of anilines is 1. The molecule has 1 aromatic carbocycles. The molecular weight excluding hydrogens is 286 g/mol. The van der Waals surface area contributed by atoms with Crippen molar-refractivity contribution in [3.8, 4) is 0 Å². The van der Waals surface area contributed by atoms with Crippen LogP contribution < -0.4 is 5.32 Å². The van der Waals surface area contributed by atoms with Gasteiger partial charge in [0.1, 0.15) is 0 Å². The maximum atomic E-state index is 12.6. The van der Waals surface area contributed by atoms with Gasteiger partial charge in [-0.25, -0.2) is 0 Å². The van der Waals surface area contributed by atoms with Crippen LogP contribution in [0.2, 0.25) is 5.02 Å². The van der Waals surface area contributed by atoms with Gasteiger partial charge in [-0.1, -0.05) is 17.7 Å². The van der Waals surface area contributed by atoms with Crippen LogP contribution in [0.5, 0.6) is 0 Å². The van der Waals surface area contributed by atoms with Crippen LogP contribution in [0.15, 0.2) is 36.4 Å². The average Bonchev–Trinajstić information content (AvgIpc) is 2.46. The molecule has 1 heterocycles. The van der Waals surface area contributed by atoms with Crippen molar-refractivity contribution in [2.45, 2.75) is 13.5 Å². The Bertz CT molecular complexity index is 658.